The Morgan fingerprint density at radius 2 is 1.92 bits per heavy atom. The molecule has 0 unspecified atom stereocenters. The monoisotopic (exact) mass is 322 g/mol. The number of fused-ring (bicyclic) bond motifs is 1. The normalized spacial score (nSPS) is 10.5. The van der Waals surface area contributed by atoms with Crippen LogP contribution in [-0.2, 0) is 11.2 Å². The van der Waals surface area contributed by atoms with Crippen LogP contribution in [0.4, 0.5) is 5.69 Å². The van der Waals surface area contributed by atoms with Crippen molar-refractivity contribution < 1.29 is 9.53 Å². The summed E-state index contributed by atoms with van der Waals surface area (Å²) < 4.78 is 5.41. The third-order valence-electron chi connectivity index (χ3n) is 3.71. The molecule has 2 aromatic carbocycles. The van der Waals surface area contributed by atoms with Gasteiger partial charge in [0.15, 0.2) is 6.61 Å². The van der Waals surface area contributed by atoms with Gasteiger partial charge in [0.25, 0.3) is 5.91 Å². The number of H-pyrrole nitrogens is 1. The molecule has 5 heteroatoms. The molecule has 0 aliphatic carbocycles. The lowest BCUT2D eigenvalue weighted by molar-refractivity contribution is -0.118. The van der Waals surface area contributed by atoms with Crippen LogP contribution < -0.4 is 15.6 Å². The molecule has 0 atom stereocenters. The molecular formula is C19H18N2O3. The third kappa shape index (κ3) is 3.63. The number of hydrogen-bond acceptors (Lipinski definition) is 3. The number of nitrogens with one attached hydrogen (secondary N) is 2. The predicted molar refractivity (Wildman–Crippen MR) is 94.5 cm³/mol. The van der Waals surface area contributed by atoms with Crippen molar-refractivity contribution in [1.29, 1.82) is 0 Å². The lowest BCUT2D eigenvalue weighted by Crippen LogP contribution is -2.20. The van der Waals surface area contributed by atoms with Gasteiger partial charge in [-0.3, -0.25) is 9.59 Å². The first-order valence-corrected chi connectivity index (χ1v) is 7.79. The summed E-state index contributed by atoms with van der Waals surface area (Å²) in [6.45, 7) is 1.93. The van der Waals surface area contributed by atoms with Gasteiger partial charge in [-0.2, -0.15) is 0 Å². The maximum absolute atomic E-state index is 12.0. The number of amides is 1. The molecule has 1 heterocycles. The molecule has 2 N–H and O–H groups in total. The average molecular weight is 322 g/mol. The molecular weight excluding hydrogens is 304 g/mol. The Morgan fingerprint density at radius 3 is 2.67 bits per heavy atom. The number of pyridine rings is 1. The van der Waals surface area contributed by atoms with Gasteiger partial charge in [0.2, 0.25) is 5.56 Å². The van der Waals surface area contributed by atoms with Crippen LogP contribution >= 0.6 is 0 Å². The largest absolute Gasteiger partial charge is 0.484 e. The van der Waals surface area contributed by atoms with Gasteiger partial charge in [-0.25, -0.2) is 0 Å². The van der Waals surface area contributed by atoms with E-state index >= 15 is 0 Å². The van der Waals surface area contributed by atoms with Crippen molar-refractivity contribution in [3.63, 3.8) is 0 Å². The van der Waals surface area contributed by atoms with Crippen LogP contribution in [0.15, 0.2) is 59.4 Å². The minimum atomic E-state index is -0.257. The van der Waals surface area contributed by atoms with E-state index in [1.807, 2.05) is 37.3 Å². The number of carbonyl (C=O) groups excluding carboxylic acids is 1. The molecule has 3 rings (SSSR count). The summed E-state index contributed by atoms with van der Waals surface area (Å²) in [5.74, 6) is 0.385. The molecule has 0 saturated heterocycles. The van der Waals surface area contributed by atoms with E-state index in [0.717, 1.165) is 17.4 Å². The van der Waals surface area contributed by atoms with E-state index in [0.29, 0.717) is 17.0 Å². The van der Waals surface area contributed by atoms with Crippen LogP contribution in [0.3, 0.4) is 0 Å². The highest BCUT2D eigenvalue weighted by atomic mass is 16.5. The van der Waals surface area contributed by atoms with Gasteiger partial charge >= 0.3 is 0 Å². The van der Waals surface area contributed by atoms with Crippen LogP contribution in [0.5, 0.6) is 5.75 Å². The van der Waals surface area contributed by atoms with E-state index in [1.54, 1.807) is 24.3 Å². The topological polar surface area (TPSA) is 71.2 Å². The van der Waals surface area contributed by atoms with Crippen molar-refractivity contribution >= 4 is 22.5 Å². The Kier molecular flexibility index (Phi) is 4.61. The SMILES string of the molecule is CCc1cc(=O)[nH]c2cc(NC(=O)COc3ccccc3)ccc12. The molecule has 0 spiro atoms. The fourth-order valence-electron chi connectivity index (χ4n) is 2.57. The first-order chi connectivity index (χ1) is 11.7. The minimum absolute atomic E-state index is 0.0758. The summed E-state index contributed by atoms with van der Waals surface area (Å²) in [7, 11) is 0. The maximum atomic E-state index is 12.0. The molecule has 1 aromatic heterocycles. The maximum Gasteiger partial charge on any atom is 0.262 e. The highest BCUT2D eigenvalue weighted by Gasteiger charge is 2.07. The first kappa shape index (κ1) is 15.8. The molecule has 122 valence electrons. The summed E-state index contributed by atoms with van der Waals surface area (Å²) in [6.07, 6.45) is 0.775. The number of anilines is 1. The number of aromatic amines is 1. The number of aromatic nitrogens is 1. The van der Waals surface area contributed by atoms with Gasteiger partial charge in [0.05, 0.1) is 5.52 Å². The average Bonchev–Trinajstić information content (AvgIpc) is 2.59. The van der Waals surface area contributed by atoms with Crippen LogP contribution in [0.25, 0.3) is 10.9 Å². The number of benzene rings is 2. The van der Waals surface area contributed by atoms with Gasteiger partial charge in [-0.1, -0.05) is 31.2 Å². The van der Waals surface area contributed by atoms with Crippen LogP contribution in [0.1, 0.15) is 12.5 Å². The van der Waals surface area contributed by atoms with Gasteiger partial charge < -0.3 is 15.0 Å². The van der Waals surface area contributed by atoms with Crippen LogP contribution in [0.2, 0.25) is 0 Å². The summed E-state index contributed by atoms with van der Waals surface area (Å²) in [5, 5.41) is 3.76. The van der Waals surface area contributed by atoms with Crippen molar-refractivity contribution in [2.24, 2.45) is 0 Å². The van der Waals surface area contributed by atoms with Gasteiger partial charge in [0, 0.05) is 17.1 Å². The zero-order valence-electron chi connectivity index (χ0n) is 13.3. The van der Waals surface area contributed by atoms with E-state index < -0.39 is 0 Å². The fraction of sp³-hybridized carbons (Fsp3) is 0.158. The molecule has 0 bridgehead atoms. The zero-order valence-corrected chi connectivity index (χ0v) is 13.3. The molecule has 0 fully saturated rings. The Balaban J connectivity index is 1.73. The summed E-state index contributed by atoms with van der Waals surface area (Å²) >= 11 is 0. The van der Waals surface area contributed by atoms with E-state index in [9.17, 15) is 9.59 Å². The standard InChI is InChI=1S/C19H18N2O3/c1-2-13-10-18(22)21-17-11-14(8-9-16(13)17)20-19(23)12-24-15-6-4-3-5-7-15/h3-11H,2,12H2,1H3,(H,20,23)(H,21,22). The number of rotatable bonds is 5. The molecule has 0 aliphatic rings. The van der Waals surface area contributed by atoms with E-state index in [1.165, 1.54) is 0 Å². The quantitative estimate of drug-likeness (QED) is 0.758. The smallest absolute Gasteiger partial charge is 0.262 e. The third-order valence-corrected chi connectivity index (χ3v) is 3.71. The Bertz CT molecular complexity index is 917. The highest BCUT2D eigenvalue weighted by Crippen LogP contribution is 2.20. The molecule has 1 amide bonds. The van der Waals surface area contributed by atoms with E-state index in [4.69, 9.17) is 4.74 Å². The second-order valence-corrected chi connectivity index (χ2v) is 5.42. The Labute approximate surface area is 139 Å². The molecule has 0 aliphatic heterocycles. The lowest BCUT2D eigenvalue weighted by Gasteiger charge is -2.09. The van der Waals surface area contributed by atoms with E-state index in [2.05, 4.69) is 10.3 Å². The van der Waals surface area contributed by atoms with Crippen molar-refractivity contribution in [1.82, 2.24) is 4.98 Å². The first-order valence-electron chi connectivity index (χ1n) is 7.79. The molecule has 5 nitrogen and oxygen atoms in total. The molecule has 0 saturated carbocycles. The summed E-state index contributed by atoms with van der Waals surface area (Å²) in [6, 6.07) is 16.2. The summed E-state index contributed by atoms with van der Waals surface area (Å²) in [4.78, 5) is 26.5. The second-order valence-electron chi connectivity index (χ2n) is 5.42. The number of carbonyl (C=O) groups is 1. The van der Waals surface area contributed by atoms with Crippen molar-refractivity contribution in [2.45, 2.75) is 13.3 Å². The zero-order chi connectivity index (χ0) is 16.9. The predicted octanol–water partition coefficient (Wildman–Crippen LogP) is 3.11. The Morgan fingerprint density at radius 1 is 1.12 bits per heavy atom. The highest BCUT2D eigenvalue weighted by molar-refractivity contribution is 5.94. The van der Waals surface area contributed by atoms with Crippen molar-refractivity contribution in [2.75, 3.05) is 11.9 Å². The number of aryl methyl sites for hydroxylation is 1. The van der Waals surface area contributed by atoms with Crippen molar-refractivity contribution in [3.8, 4) is 5.75 Å². The number of para-hydroxylation sites is 1. The van der Waals surface area contributed by atoms with Gasteiger partial charge in [-0.15, -0.1) is 0 Å². The fourth-order valence-corrected chi connectivity index (χ4v) is 2.57. The van der Waals surface area contributed by atoms with E-state index in [-0.39, 0.29) is 18.1 Å². The minimum Gasteiger partial charge on any atom is -0.484 e. The molecule has 3 aromatic rings. The van der Waals surface area contributed by atoms with Crippen LogP contribution in [-0.4, -0.2) is 17.5 Å². The second kappa shape index (κ2) is 7.00. The summed E-state index contributed by atoms with van der Waals surface area (Å²) in [5.41, 5.74) is 2.17. The van der Waals surface area contributed by atoms with Gasteiger partial charge in [-0.05, 0) is 36.2 Å². The Hall–Kier alpha value is -3.08. The lowest BCUT2D eigenvalue weighted by atomic mass is 10.1. The van der Waals surface area contributed by atoms with Crippen molar-refractivity contribution in [3.05, 3.63) is 70.5 Å². The van der Waals surface area contributed by atoms with Gasteiger partial charge in [0.1, 0.15) is 5.75 Å². The van der Waals surface area contributed by atoms with Crippen LogP contribution in [0, 0.1) is 0 Å². The number of ether oxygens (including phenoxy) is 1. The molecule has 24 heavy (non-hydrogen) atoms. The number of hydrogen-bond donors (Lipinski definition) is 2. The molecule has 0 radical (unpaired) electrons.